The molecule has 0 aromatic heterocycles. The highest BCUT2D eigenvalue weighted by Gasteiger charge is 2.43. The Morgan fingerprint density at radius 3 is 2.07 bits per heavy atom. The van der Waals surface area contributed by atoms with Crippen LogP contribution in [-0.4, -0.2) is 84.9 Å². The molecular formula is C22H25N3O4. The number of epoxide rings is 1. The molecule has 0 amide bonds. The van der Waals surface area contributed by atoms with Gasteiger partial charge < -0.3 is 24.2 Å². The fourth-order valence-electron chi connectivity index (χ4n) is 3.26. The van der Waals surface area contributed by atoms with Gasteiger partial charge in [-0.25, -0.2) is 0 Å². The van der Waals surface area contributed by atoms with Gasteiger partial charge in [0.15, 0.2) is 0 Å². The number of aryl methyl sites for hydroxylation is 1. The van der Waals surface area contributed by atoms with E-state index in [0.29, 0.717) is 29.8 Å². The van der Waals surface area contributed by atoms with Crippen LogP contribution in [0.1, 0.15) is 5.56 Å². The number of hydrogen-bond donors (Lipinski definition) is 0. The van der Waals surface area contributed by atoms with Gasteiger partial charge in [-0.15, -0.1) is 0 Å². The lowest BCUT2D eigenvalue weighted by molar-refractivity contribution is -0.117. The van der Waals surface area contributed by atoms with Crippen molar-refractivity contribution in [3.8, 4) is 5.75 Å². The van der Waals surface area contributed by atoms with Crippen LogP contribution in [0.15, 0.2) is 47.4 Å². The van der Waals surface area contributed by atoms with Crippen molar-refractivity contribution in [2.45, 2.75) is 13.0 Å². The van der Waals surface area contributed by atoms with E-state index in [2.05, 4.69) is 6.92 Å². The van der Waals surface area contributed by atoms with Crippen molar-refractivity contribution in [1.82, 2.24) is 14.7 Å². The first kappa shape index (κ1) is 18.2. The lowest BCUT2D eigenvalue weighted by atomic mass is 10.0. The smallest absolute Gasteiger partial charge is 0.227 e. The van der Waals surface area contributed by atoms with E-state index < -0.39 is 0 Å². The van der Waals surface area contributed by atoms with E-state index in [1.165, 1.54) is 11.6 Å². The van der Waals surface area contributed by atoms with Crippen LogP contribution in [0, 0.1) is 6.92 Å². The number of rotatable bonds is 6. The van der Waals surface area contributed by atoms with Gasteiger partial charge in [-0.3, -0.25) is 9.59 Å². The van der Waals surface area contributed by atoms with E-state index in [9.17, 15) is 9.59 Å². The average molecular weight is 395 g/mol. The number of allylic oxidation sites excluding steroid dienone is 1. The van der Waals surface area contributed by atoms with E-state index in [0.717, 1.165) is 51.6 Å². The Kier molecular flexibility index (Phi) is 4.54. The standard InChI is InChI=1S/C12H13N3O2.C10H12O2/c16-9-7-8(13-1-2-13)12(17)11(15-5-6-15)10(9)14-3-4-14;1-8-2-4-9(5-3-8)11-6-10-7-12-10/h7H,1-6H2;2-5,10H,6-7H2,1H3. The summed E-state index contributed by atoms with van der Waals surface area (Å²) in [5.41, 5.74) is 3.14. The van der Waals surface area contributed by atoms with Crippen LogP contribution in [0.25, 0.3) is 0 Å². The van der Waals surface area contributed by atoms with Crippen LogP contribution in [0.2, 0.25) is 0 Å². The van der Waals surface area contributed by atoms with Crippen LogP contribution < -0.4 is 4.74 Å². The summed E-state index contributed by atoms with van der Waals surface area (Å²) < 4.78 is 10.5. The number of ether oxygens (including phenoxy) is 2. The van der Waals surface area contributed by atoms with Gasteiger partial charge in [0, 0.05) is 45.3 Å². The molecule has 1 aliphatic carbocycles. The molecule has 1 aromatic rings. The predicted molar refractivity (Wildman–Crippen MR) is 106 cm³/mol. The van der Waals surface area contributed by atoms with Gasteiger partial charge in [-0.05, 0) is 19.1 Å². The van der Waals surface area contributed by atoms with Crippen LogP contribution in [0.4, 0.5) is 0 Å². The molecule has 0 bridgehead atoms. The van der Waals surface area contributed by atoms with Gasteiger partial charge in [0.1, 0.15) is 29.9 Å². The minimum Gasteiger partial charge on any atom is -0.491 e. The molecule has 4 aliphatic heterocycles. The van der Waals surface area contributed by atoms with Crippen molar-refractivity contribution >= 4 is 11.6 Å². The summed E-state index contributed by atoms with van der Waals surface area (Å²) in [6.07, 6.45) is 1.86. The van der Waals surface area contributed by atoms with E-state index in [1.54, 1.807) is 0 Å². The normalized spacial score (nSPS) is 24.1. The Morgan fingerprint density at radius 1 is 0.931 bits per heavy atom. The van der Waals surface area contributed by atoms with E-state index >= 15 is 0 Å². The molecule has 7 nitrogen and oxygen atoms in total. The maximum atomic E-state index is 12.4. The van der Waals surface area contributed by atoms with Crippen molar-refractivity contribution in [2.75, 3.05) is 52.5 Å². The highest BCUT2D eigenvalue weighted by Crippen LogP contribution is 2.33. The summed E-state index contributed by atoms with van der Waals surface area (Å²) in [4.78, 5) is 30.5. The third-order valence-electron chi connectivity index (χ3n) is 5.35. The summed E-state index contributed by atoms with van der Waals surface area (Å²) in [6.45, 7) is 9.01. The van der Waals surface area contributed by atoms with Gasteiger partial charge in [0.05, 0.1) is 12.3 Å². The van der Waals surface area contributed by atoms with Crippen LogP contribution in [0.5, 0.6) is 5.75 Å². The Morgan fingerprint density at radius 2 is 1.52 bits per heavy atom. The lowest BCUT2D eigenvalue weighted by Crippen LogP contribution is -2.29. The first-order valence-electron chi connectivity index (χ1n) is 10.2. The number of hydrogen-bond acceptors (Lipinski definition) is 7. The second-order valence-electron chi connectivity index (χ2n) is 7.96. The zero-order chi connectivity index (χ0) is 20.0. The van der Waals surface area contributed by atoms with E-state index in [1.807, 2.05) is 39.0 Å². The molecule has 0 N–H and O–H groups in total. The summed E-state index contributed by atoms with van der Waals surface area (Å²) in [7, 11) is 0. The quantitative estimate of drug-likeness (QED) is 0.525. The summed E-state index contributed by atoms with van der Waals surface area (Å²) in [6, 6.07) is 8.06. The molecule has 1 unspecified atom stereocenters. The molecule has 1 atom stereocenters. The molecule has 29 heavy (non-hydrogen) atoms. The third kappa shape index (κ3) is 4.29. The Balaban J connectivity index is 0.000000134. The van der Waals surface area contributed by atoms with E-state index in [-0.39, 0.29) is 11.6 Å². The van der Waals surface area contributed by atoms with Gasteiger partial charge in [0.2, 0.25) is 11.6 Å². The van der Waals surface area contributed by atoms with Crippen LogP contribution in [0.3, 0.4) is 0 Å². The molecule has 0 spiro atoms. The first-order valence-corrected chi connectivity index (χ1v) is 10.2. The van der Waals surface area contributed by atoms with Gasteiger partial charge >= 0.3 is 0 Å². The zero-order valence-corrected chi connectivity index (χ0v) is 16.6. The second-order valence-corrected chi connectivity index (χ2v) is 7.96. The Hall–Kier alpha value is -2.80. The molecule has 4 fully saturated rings. The van der Waals surface area contributed by atoms with Crippen molar-refractivity contribution in [3.63, 3.8) is 0 Å². The molecule has 0 radical (unpaired) electrons. The van der Waals surface area contributed by atoms with Crippen LogP contribution in [-0.2, 0) is 14.3 Å². The molecule has 0 saturated carbocycles. The first-order chi connectivity index (χ1) is 14.1. The largest absolute Gasteiger partial charge is 0.491 e. The average Bonchev–Trinajstić information content (AvgIpc) is 3.58. The number of benzene rings is 1. The highest BCUT2D eigenvalue weighted by molar-refractivity contribution is 6.22. The Labute approximate surface area is 170 Å². The van der Waals surface area contributed by atoms with Gasteiger partial charge in [0.25, 0.3) is 0 Å². The number of Topliss-reactive ketones (excluding diaryl/α,β-unsaturated/α-hetero) is 1. The summed E-state index contributed by atoms with van der Waals surface area (Å²) >= 11 is 0. The minimum atomic E-state index is 0.00546. The molecule has 4 saturated heterocycles. The molecule has 7 heteroatoms. The molecule has 1 aromatic carbocycles. The van der Waals surface area contributed by atoms with Crippen LogP contribution >= 0.6 is 0 Å². The minimum absolute atomic E-state index is 0.00546. The van der Waals surface area contributed by atoms with E-state index in [4.69, 9.17) is 9.47 Å². The monoisotopic (exact) mass is 395 g/mol. The fraction of sp³-hybridized carbons (Fsp3) is 0.455. The maximum Gasteiger partial charge on any atom is 0.227 e. The highest BCUT2D eigenvalue weighted by atomic mass is 16.6. The summed E-state index contributed by atoms with van der Waals surface area (Å²) in [5.74, 6) is 0.975. The van der Waals surface area contributed by atoms with Crippen molar-refractivity contribution < 1.29 is 19.1 Å². The maximum absolute atomic E-state index is 12.4. The fourth-order valence-corrected chi connectivity index (χ4v) is 3.26. The number of carbonyl (C=O) groups excluding carboxylic acids is 2. The second kappa shape index (κ2) is 7.22. The lowest BCUT2D eigenvalue weighted by Gasteiger charge is -2.21. The molecule has 5 aliphatic rings. The molecule has 152 valence electrons. The summed E-state index contributed by atoms with van der Waals surface area (Å²) in [5, 5.41) is 0. The van der Waals surface area contributed by atoms with Crippen molar-refractivity contribution in [2.24, 2.45) is 0 Å². The topological polar surface area (TPSA) is 64.9 Å². The SMILES string of the molecule is Cc1ccc(OCC2CO2)cc1.O=C1C=C(N2CC2)C(=O)C(N2CC2)=C1N1CC1. The van der Waals surface area contributed by atoms with Crippen molar-refractivity contribution in [3.05, 3.63) is 53.0 Å². The number of carbonyl (C=O) groups is 2. The molecule has 6 rings (SSSR count). The number of ketones is 2. The third-order valence-corrected chi connectivity index (χ3v) is 5.35. The Bertz CT molecular complexity index is 889. The zero-order valence-electron chi connectivity index (χ0n) is 16.6. The van der Waals surface area contributed by atoms with Crippen molar-refractivity contribution in [1.29, 1.82) is 0 Å². The predicted octanol–water partition coefficient (Wildman–Crippen LogP) is 0.953. The van der Waals surface area contributed by atoms with Gasteiger partial charge in [-0.2, -0.15) is 0 Å². The van der Waals surface area contributed by atoms with Gasteiger partial charge in [-0.1, -0.05) is 17.7 Å². The number of nitrogens with zero attached hydrogens (tertiary/aromatic N) is 3. The molecular weight excluding hydrogens is 370 g/mol. The molecule has 4 heterocycles.